The summed E-state index contributed by atoms with van der Waals surface area (Å²) in [4.78, 5) is 0. The van der Waals surface area contributed by atoms with Crippen LogP contribution in [0.1, 0.15) is 22.7 Å². The lowest BCUT2D eigenvalue weighted by Crippen LogP contribution is -2.20. The fourth-order valence-electron chi connectivity index (χ4n) is 2.27. The highest BCUT2D eigenvalue weighted by atomic mass is 79.9. The average Bonchev–Trinajstić information content (AvgIpc) is 2.42. The molecule has 0 radical (unpaired) electrons. The quantitative estimate of drug-likeness (QED) is 0.808. The van der Waals surface area contributed by atoms with E-state index in [9.17, 15) is 4.39 Å². The molecule has 20 heavy (non-hydrogen) atoms. The van der Waals surface area contributed by atoms with Crippen molar-refractivity contribution in [2.45, 2.75) is 19.4 Å². The number of benzene rings is 2. The molecule has 4 heteroatoms. The van der Waals surface area contributed by atoms with Gasteiger partial charge in [0, 0.05) is 15.5 Å². The molecule has 1 atom stereocenters. The van der Waals surface area contributed by atoms with Crippen LogP contribution < -0.4 is 5.32 Å². The second-order valence-corrected chi connectivity index (χ2v) is 6.13. The lowest BCUT2D eigenvalue weighted by molar-refractivity contribution is 0.552. The Bertz CT molecular complexity index is 615. The molecule has 2 aromatic rings. The van der Waals surface area contributed by atoms with Gasteiger partial charge in [-0.15, -0.1) is 0 Å². The van der Waals surface area contributed by atoms with E-state index in [0.717, 1.165) is 15.6 Å². The third-order valence-corrected chi connectivity index (χ3v) is 4.13. The summed E-state index contributed by atoms with van der Waals surface area (Å²) >= 11 is 9.45. The van der Waals surface area contributed by atoms with Gasteiger partial charge >= 0.3 is 0 Å². The minimum Gasteiger partial charge on any atom is -0.313 e. The molecule has 0 aliphatic heterocycles. The average molecular weight is 357 g/mol. The Morgan fingerprint density at radius 2 is 2.00 bits per heavy atom. The predicted octanol–water partition coefficient (Wildman–Crippen LogP) is 5.05. The third-order valence-electron chi connectivity index (χ3n) is 3.40. The van der Waals surface area contributed by atoms with E-state index < -0.39 is 0 Å². The van der Waals surface area contributed by atoms with Gasteiger partial charge < -0.3 is 5.32 Å². The molecule has 0 amide bonds. The zero-order valence-corrected chi connectivity index (χ0v) is 13.7. The first-order valence-corrected chi connectivity index (χ1v) is 7.55. The lowest BCUT2D eigenvalue weighted by Gasteiger charge is -2.20. The topological polar surface area (TPSA) is 12.0 Å². The number of nitrogens with one attached hydrogen (secondary N) is 1. The van der Waals surface area contributed by atoms with E-state index in [2.05, 4.69) is 21.2 Å². The molecule has 106 valence electrons. The maximum Gasteiger partial charge on any atom is 0.126 e. The van der Waals surface area contributed by atoms with Crippen molar-refractivity contribution in [2.24, 2.45) is 0 Å². The Hall–Kier alpha value is -0.900. The summed E-state index contributed by atoms with van der Waals surface area (Å²) < 4.78 is 14.8. The van der Waals surface area contributed by atoms with Gasteiger partial charge in [-0.05, 0) is 67.4 Å². The first kappa shape index (κ1) is 15.5. The summed E-state index contributed by atoms with van der Waals surface area (Å²) in [7, 11) is 1.88. The number of likely N-dealkylation sites (N-methyl/N-ethyl adjacent to an activating group) is 1. The molecule has 2 aromatic carbocycles. The van der Waals surface area contributed by atoms with Crippen LogP contribution in [0.15, 0.2) is 40.9 Å². The van der Waals surface area contributed by atoms with Crippen LogP contribution >= 0.6 is 27.5 Å². The van der Waals surface area contributed by atoms with Crippen molar-refractivity contribution in [3.63, 3.8) is 0 Å². The number of rotatable bonds is 4. The summed E-state index contributed by atoms with van der Waals surface area (Å²) in [6.45, 7) is 2.03. The molecule has 0 saturated carbocycles. The monoisotopic (exact) mass is 355 g/mol. The molecule has 0 saturated heterocycles. The van der Waals surface area contributed by atoms with Crippen molar-refractivity contribution in [2.75, 3.05) is 7.05 Å². The predicted molar refractivity (Wildman–Crippen MR) is 85.8 cm³/mol. The van der Waals surface area contributed by atoms with Gasteiger partial charge in [0.15, 0.2) is 0 Å². The van der Waals surface area contributed by atoms with Crippen molar-refractivity contribution in [3.05, 3.63) is 68.4 Å². The van der Waals surface area contributed by atoms with Gasteiger partial charge in [-0.3, -0.25) is 0 Å². The van der Waals surface area contributed by atoms with Crippen LogP contribution in [-0.2, 0) is 6.42 Å². The van der Waals surface area contributed by atoms with Crippen LogP contribution in [-0.4, -0.2) is 7.05 Å². The molecule has 0 spiro atoms. The minimum atomic E-state index is -0.187. The smallest absolute Gasteiger partial charge is 0.126 e. The van der Waals surface area contributed by atoms with Gasteiger partial charge in [-0.2, -0.15) is 0 Å². The van der Waals surface area contributed by atoms with Crippen LogP contribution in [0.3, 0.4) is 0 Å². The van der Waals surface area contributed by atoms with E-state index in [1.54, 1.807) is 6.07 Å². The van der Waals surface area contributed by atoms with E-state index >= 15 is 0 Å². The summed E-state index contributed by atoms with van der Waals surface area (Å²) in [6, 6.07) is 10.8. The molecular weight excluding hydrogens is 341 g/mol. The van der Waals surface area contributed by atoms with Gasteiger partial charge in [-0.25, -0.2) is 4.39 Å². The van der Waals surface area contributed by atoms with E-state index in [1.165, 1.54) is 6.07 Å². The maximum atomic E-state index is 13.9. The largest absolute Gasteiger partial charge is 0.313 e. The molecular formula is C16H16BrClFN. The van der Waals surface area contributed by atoms with Crippen molar-refractivity contribution >= 4 is 27.5 Å². The molecule has 0 heterocycles. The second-order valence-electron chi connectivity index (χ2n) is 4.78. The van der Waals surface area contributed by atoms with E-state index in [-0.39, 0.29) is 11.9 Å². The van der Waals surface area contributed by atoms with E-state index in [0.29, 0.717) is 17.0 Å². The number of halogens is 3. The molecule has 1 unspecified atom stereocenters. The summed E-state index contributed by atoms with van der Waals surface area (Å²) in [5.41, 5.74) is 2.92. The second kappa shape index (κ2) is 6.70. The fraction of sp³-hybridized carbons (Fsp3) is 0.250. The Morgan fingerprint density at radius 3 is 2.70 bits per heavy atom. The first-order chi connectivity index (χ1) is 9.51. The number of aryl methyl sites for hydroxylation is 1. The standard InChI is InChI=1S/C16H16BrClFN/c1-10-3-5-13(18)9-14(10)16(20-2)8-11-7-12(17)4-6-15(11)19/h3-7,9,16,20H,8H2,1-2H3. The highest BCUT2D eigenvalue weighted by Crippen LogP contribution is 2.26. The van der Waals surface area contributed by atoms with Crippen LogP contribution in [0.2, 0.25) is 5.02 Å². The van der Waals surface area contributed by atoms with Crippen molar-refractivity contribution in [1.82, 2.24) is 5.32 Å². The minimum absolute atomic E-state index is 0.0255. The normalized spacial score (nSPS) is 12.4. The Labute approximate surface area is 132 Å². The van der Waals surface area contributed by atoms with Gasteiger partial charge in [0.2, 0.25) is 0 Å². The molecule has 2 rings (SSSR count). The molecule has 0 bridgehead atoms. The summed E-state index contributed by atoms with van der Waals surface area (Å²) in [5.74, 6) is -0.187. The van der Waals surface area contributed by atoms with E-state index in [1.807, 2.05) is 38.2 Å². The van der Waals surface area contributed by atoms with Gasteiger partial charge in [-0.1, -0.05) is 33.6 Å². The SMILES string of the molecule is CNC(Cc1cc(Br)ccc1F)c1cc(Cl)ccc1C. The molecule has 0 aliphatic rings. The molecule has 1 N–H and O–H groups in total. The number of hydrogen-bond acceptors (Lipinski definition) is 1. The molecule has 0 aromatic heterocycles. The van der Waals surface area contributed by atoms with Gasteiger partial charge in [0.1, 0.15) is 5.82 Å². The van der Waals surface area contributed by atoms with Crippen LogP contribution in [0.4, 0.5) is 4.39 Å². The van der Waals surface area contributed by atoms with E-state index in [4.69, 9.17) is 11.6 Å². The van der Waals surface area contributed by atoms with Crippen molar-refractivity contribution < 1.29 is 4.39 Å². The lowest BCUT2D eigenvalue weighted by atomic mass is 9.95. The van der Waals surface area contributed by atoms with Crippen LogP contribution in [0.25, 0.3) is 0 Å². The first-order valence-electron chi connectivity index (χ1n) is 6.38. The fourth-order valence-corrected chi connectivity index (χ4v) is 2.86. The highest BCUT2D eigenvalue weighted by molar-refractivity contribution is 9.10. The Morgan fingerprint density at radius 1 is 1.25 bits per heavy atom. The molecule has 0 fully saturated rings. The Kier molecular flexibility index (Phi) is 5.19. The van der Waals surface area contributed by atoms with Crippen molar-refractivity contribution in [1.29, 1.82) is 0 Å². The highest BCUT2D eigenvalue weighted by Gasteiger charge is 2.15. The van der Waals surface area contributed by atoms with Gasteiger partial charge in [0.05, 0.1) is 0 Å². The molecule has 0 aliphatic carbocycles. The third kappa shape index (κ3) is 3.60. The number of hydrogen-bond donors (Lipinski definition) is 1. The van der Waals surface area contributed by atoms with Crippen molar-refractivity contribution in [3.8, 4) is 0 Å². The Balaban J connectivity index is 2.33. The van der Waals surface area contributed by atoms with Crippen LogP contribution in [0, 0.1) is 12.7 Å². The summed E-state index contributed by atoms with van der Waals surface area (Å²) in [6.07, 6.45) is 0.572. The zero-order chi connectivity index (χ0) is 14.7. The van der Waals surface area contributed by atoms with Gasteiger partial charge in [0.25, 0.3) is 0 Å². The van der Waals surface area contributed by atoms with Crippen LogP contribution in [0.5, 0.6) is 0 Å². The maximum absolute atomic E-state index is 13.9. The summed E-state index contributed by atoms with van der Waals surface area (Å²) in [5, 5.41) is 3.94. The molecule has 1 nitrogen and oxygen atoms in total. The zero-order valence-electron chi connectivity index (χ0n) is 11.4.